The van der Waals surface area contributed by atoms with Gasteiger partial charge < -0.3 is 14.2 Å². The molecule has 1 atom stereocenters. The number of ether oxygens (including phenoxy) is 3. The van der Waals surface area contributed by atoms with Crippen molar-refractivity contribution in [3.63, 3.8) is 0 Å². The maximum Gasteiger partial charge on any atom is 0.306 e. The first-order valence-corrected chi connectivity index (χ1v) is 31.4. The molecule has 0 aromatic carbocycles. The zero-order valence-corrected chi connectivity index (χ0v) is 48.4. The molecule has 0 saturated carbocycles. The number of esters is 3. The van der Waals surface area contributed by atoms with Gasteiger partial charge in [-0.05, 0) is 89.9 Å². The Bertz CT molecular complexity index is 1360. The second-order valence-electron chi connectivity index (χ2n) is 20.9. The predicted molar refractivity (Wildman–Crippen MR) is 316 cm³/mol. The predicted octanol–water partition coefficient (Wildman–Crippen LogP) is 21.3. The maximum absolute atomic E-state index is 12.8. The third kappa shape index (κ3) is 59.6. The molecule has 0 aliphatic heterocycles. The van der Waals surface area contributed by atoms with Crippen molar-refractivity contribution in [2.45, 2.75) is 322 Å². The highest BCUT2D eigenvalue weighted by atomic mass is 16.6. The summed E-state index contributed by atoms with van der Waals surface area (Å²) >= 11 is 0. The van der Waals surface area contributed by atoms with Crippen LogP contribution in [0.1, 0.15) is 316 Å². The first-order valence-electron chi connectivity index (χ1n) is 31.4. The zero-order chi connectivity index (χ0) is 52.9. The summed E-state index contributed by atoms with van der Waals surface area (Å²) in [4.78, 5) is 38.0. The van der Waals surface area contributed by atoms with Gasteiger partial charge in [0, 0.05) is 19.3 Å². The van der Waals surface area contributed by atoms with E-state index in [1.807, 2.05) is 0 Å². The molecule has 0 aromatic heterocycles. The second-order valence-corrected chi connectivity index (χ2v) is 20.9. The van der Waals surface area contributed by atoms with Crippen LogP contribution in [0.4, 0.5) is 0 Å². The molecule has 0 amide bonds. The van der Waals surface area contributed by atoms with E-state index in [2.05, 4.69) is 93.7 Å². The summed E-state index contributed by atoms with van der Waals surface area (Å²) in [6.07, 6.45) is 79.4. The van der Waals surface area contributed by atoms with Crippen molar-refractivity contribution in [1.82, 2.24) is 0 Å². The Morgan fingerprint density at radius 2 is 0.534 bits per heavy atom. The molecule has 0 N–H and O–H groups in total. The summed E-state index contributed by atoms with van der Waals surface area (Å²) < 4.78 is 16.8. The fourth-order valence-corrected chi connectivity index (χ4v) is 9.00. The molecule has 1 unspecified atom stereocenters. The van der Waals surface area contributed by atoms with Crippen LogP contribution in [0.3, 0.4) is 0 Å². The molecule has 0 fully saturated rings. The smallest absolute Gasteiger partial charge is 0.306 e. The van der Waals surface area contributed by atoms with Crippen LogP contribution < -0.4 is 0 Å². The minimum atomic E-state index is -0.774. The fraction of sp³-hybridized carbons (Fsp3) is 0.776. The van der Waals surface area contributed by atoms with Gasteiger partial charge in [-0.2, -0.15) is 0 Å². The van der Waals surface area contributed by atoms with Gasteiger partial charge in [-0.1, -0.05) is 280 Å². The molecule has 0 saturated heterocycles. The SMILES string of the molecule is CC/C=C\C/C=C\C/C=C\C/C=C\CCCCCCCCCCCCCCCCCCCCC(=O)OCC(COC(=O)CCCCCCCCC)OC(=O)CCCCCCCCC/C=C\C/C=C\CCCCC. The Balaban J connectivity index is 4.04. The van der Waals surface area contributed by atoms with Crippen LogP contribution in [0.25, 0.3) is 0 Å². The Morgan fingerprint density at radius 1 is 0.288 bits per heavy atom. The molecule has 0 aromatic rings. The Kier molecular flexibility index (Phi) is 58.7. The molecular weight excluding hydrogens is 901 g/mol. The second kappa shape index (κ2) is 61.4. The van der Waals surface area contributed by atoms with Gasteiger partial charge in [0.25, 0.3) is 0 Å². The van der Waals surface area contributed by atoms with E-state index in [1.54, 1.807) is 0 Å². The summed E-state index contributed by atoms with van der Waals surface area (Å²) in [6.45, 7) is 6.48. The van der Waals surface area contributed by atoms with Gasteiger partial charge >= 0.3 is 17.9 Å². The van der Waals surface area contributed by atoms with Crippen LogP contribution in [-0.4, -0.2) is 37.2 Å². The van der Waals surface area contributed by atoms with Crippen molar-refractivity contribution < 1.29 is 28.6 Å². The first kappa shape index (κ1) is 69.8. The Labute approximate surface area is 453 Å². The van der Waals surface area contributed by atoms with Crippen molar-refractivity contribution in [2.75, 3.05) is 13.2 Å². The lowest BCUT2D eigenvalue weighted by molar-refractivity contribution is -0.167. The van der Waals surface area contributed by atoms with Crippen LogP contribution in [0.15, 0.2) is 72.9 Å². The van der Waals surface area contributed by atoms with Gasteiger partial charge in [-0.25, -0.2) is 0 Å². The molecule has 0 heterocycles. The number of unbranched alkanes of at least 4 members (excludes halogenated alkanes) is 34. The van der Waals surface area contributed by atoms with E-state index in [1.165, 1.54) is 180 Å². The Morgan fingerprint density at radius 3 is 0.863 bits per heavy atom. The quantitative estimate of drug-likeness (QED) is 0.0261. The van der Waals surface area contributed by atoms with Gasteiger partial charge in [0.2, 0.25) is 0 Å². The van der Waals surface area contributed by atoms with Crippen LogP contribution in [-0.2, 0) is 28.6 Å². The largest absolute Gasteiger partial charge is 0.462 e. The van der Waals surface area contributed by atoms with Crippen molar-refractivity contribution in [3.8, 4) is 0 Å². The molecule has 0 aliphatic rings. The molecule has 73 heavy (non-hydrogen) atoms. The number of allylic oxidation sites excluding steroid dienone is 12. The third-order valence-electron chi connectivity index (χ3n) is 13.7. The van der Waals surface area contributed by atoms with Crippen LogP contribution >= 0.6 is 0 Å². The van der Waals surface area contributed by atoms with E-state index < -0.39 is 6.10 Å². The van der Waals surface area contributed by atoms with Crippen molar-refractivity contribution in [2.24, 2.45) is 0 Å². The van der Waals surface area contributed by atoms with Gasteiger partial charge in [0.1, 0.15) is 13.2 Å². The van der Waals surface area contributed by atoms with Gasteiger partial charge in [0.05, 0.1) is 0 Å². The van der Waals surface area contributed by atoms with Gasteiger partial charge in [-0.15, -0.1) is 0 Å². The monoisotopic (exact) mass is 1020 g/mol. The van der Waals surface area contributed by atoms with Crippen molar-refractivity contribution >= 4 is 17.9 Å². The van der Waals surface area contributed by atoms with Crippen molar-refractivity contribution in [1.29, 1.82) is 0 Å². The average molecular weight is 1020 g/mol. The summed E-state index contributed by atoms with van der Waals surface area (Å²) in [7, 11) is 0. The minimum Gasteiger partial charge on any atom is -0.462 e. The van der Waals surface area contributed by atoms with Gasteiger partial charge in [0.15, 0.2) is 6.10 Å². The lowest BCUT2D eigenvalue weighted by Gasteiger charge is -2.18. The number of hydrogen-bond acceptors (Lipinski definition) is 6. The molecule has 6 nitrogen and oxygen atoms in total. The molecule has 0 rings (SSSR count). The summed E-state index contributed by atoms with van der Waals surface area (Å²) in [6, 6.07) is 0. The highest BCUT2D eigenvalue weighted by Crippen LogP contribution is 2.17. The van der Waals surface area contributed by atoms with Gasteiger partial charge in [-0.3, -0.25) is 14.4 Å². The topological polar surface area (TPSA) is 78.9 Å². The molecular formula is C67H118O6. The molecule has 422 valence electrons. The lowest BCUT2D eigenvalue weighted by Crippen LogP contribution is -2.30. The van der Waals surface area contributed by atoms with Crippen molar-refractivity contribution in [3.05, 3.63) is 72.9 Å². The minimum absolute atomic E-state index is 0.0746. The highest BCUT2D eigenvalue weighted by Gasteiger charge is 2.19. The number of carbonyl (C=O) groups is 3. The molecule has 0 radical (unpaired) electrons. The number of carbonyl (C=O) groups excluding carboxylic acids is 3. The summed E-state index contributed by atoms with van der Waals surface area (Å²) in [5.74, 6) is -0.876. The normalized spacial score (nSPS) is 12.5. The fourth-order valence-electron chi connectivity index (χ4n) is 9.00. The van der Waals surface area contributed by atoms with E-state index in [0.717, 1.165) is 96.3 Å². The number of rotatable bonds is 57. The zero-order valence-electron chi connectivity index (χ0n) is 48.4. The summed E-state index contributed by atoms with van der Waals surface area (Å²) in [5.41, 5.74) is 0. The molecule has 0 aliphatic carbocycles. The Hall–Kier alpha value is -3.15. The first-order chi connectivity index (χ1) is 36.0. The average Bonchev–Trinajstić information content (AvgIpc) is 3.39. The maximum atomic E-state index is 12.8. The molecule has 0 spiro atoms. The molecule has 6 heteroatoms. The van der Waals surface area contributed by atoms with Crippen LogP contribution in [0.5, 0.6) is 0 Å². The van der Waals surface area contributed by atoms with Crippen LogP contribution in [0.2, 0.25) is 0 Å². The highest BCUT2D eigenvalue weighted by molar-refractivity contribution is 5.71. The van der Waals surface area contributed by atoms with E-state index in [9.17, 15) is 14.4 Å². The third-order valence-corrected chi connectivity index (χ3v) is 13.7. The van der Waals surface area contributed by atoms with Crippen LogP contribution in [0, 0.1) is 0 Å². The van der Waals surface area contributed by atoms with E-state index in [4.69, 9.17) is 14.2 Å². The lowest BCUT2D eigenvalue weighted by atomic mass is 10.0. The van der Waals surface area contributed by atoms with E-state index in [-0.39, 0.29) is 31.1 Å². The van der Waals surface area contributed by atoms with E-state index >= 15 is 0 Å². The molecule has 0 bridgehead atoms. The standard InChI is InChI=1S/C67H118O6/c1-4-7-10-13-16-18-20-22-24-26-27-28-29-30-31-32-33-34-35-36-37-38-39-41-42-44-46-48-51-54-57-60-66(69)72-63-64(62-71-65(68)59-56-53-50-15-12-9-6-3)73-67(70)61-58-55-52-49-47-45-43-40-25-23-21-19-17-14-11-8-5-2/h7,10,16-19,22-25,27-28,64H,4-6,8-9,11-15,20-21,26,29-63H2,1-3H3/b10-7-,18-16-,19-17-,24-22-,25-23-,28-27-. The van der Waals surface area contributed by atoms with E-state index in [0.29, 0.717) is 19.3 Å². The number of hydrogen-bond donors (Lipinski definition) is 0. The summed E-state index contributed by atoms with van der Waals surface area (Å²) in [5, 5.41) is 0.